The quantitative estimate of drug-likeness (QED) is 0.172. The van der Waals surface area contributed by atoms with Crippen LogP contribution in [0.15, 0.2) is 214 Å². The van der Waals surface area contributed by atoms with Crippen LogP contribution in [0.25, 0.3) is 60.5 Å². The molecule has 0 saturated heterocycles. The maximum atomic E-state index is 2.54. The lowest BCUT2D eigenvalue weighted by molar-refractivity contribution is 0.666. The van der Waals surface area contributed by atoms with Crippen LogP contribution in [0.5, 0.6) is 0 Å². The van der Waals surface area contributed by atoms with Gasteiger partial charge in [0.1, 0.15) is 0 Å². The summed E-state index contributed by atoms with van der Waals surface area (Å²) in [6.07, 6.45) is 0. The number of anilines is 3. The largest absolute Gasteiger partial charge is 0.310 e. The van der Waals surface area contributed by atoms with Crippen molar-refractivity contribution in [3.8, 4) is 27.9 Å². The first-order chi connectivity index (χ1) is 29.0. The van der Waals surface area contributed by atoms with E-state index in [4.69, 9.17) is 0 Å². The normalized spacial score (nSPS) is 13.6. The monoisotopic (exact) mass is 790 g/mol. The van der Waals surface area contributed by atoms with Gasteiger partial charge in [-0.2, -0.15) is 0 Å². The number of aromatic nitrogens is 1. The lowest BCUT2D eigenvalue weighted by Crippen LogP contribution is -2.15. The molecule has 0 bridgehead atoms. The lowest BCUT2D eigenvalue weighted by atomic mass is 9.80. The second-order valence-electron chi connectivity index (χ2n) is 16.1. The Morgan fingerprint density at radius 2 is 1.14 bits per heavy atom. The van der Waals surface area contributed by atoms with E-state index in [-0.39, 0.29) is 5.41 Å². The van der Waals surface area contributed by atoms with Crippen molar-refractivity contribution < 1.29 is 0 Å². The summed E-state index contributed by atoms with van der Waals surface area (Å²) in [6, 6.07) is 71.4. The molecule has 0 amide bonds. The molecule has 10 aromatic rings. The van der Waals surface area contributed by atoms with Crippen LogP contribution in [-0.4, -0.2) is 4.57 Å². The molecule has 280 valence electrons. The summed E-state index contributed by atoms with van der Waals surface area (Å²) in [7, 11) is 0. The van der Waals surface area contributed by atoms with Gasteiger partial charge in [0.2, 0.25) is 0 Å². The van der Waals surface area contributed by atoms with E-state index in [9.17, 15) is 0 Å². The molecule has 0 unspecified atom stereocenters. The van der Waals surface area contributed by atoms with Gasteiger partial charge in [-0.3, -0.25) is 0 Å². The van der Waals surface area contributed by atoms with E-state index in [1.807, 2.05) is 23.5 Å². The van der Waals surface area contributed by atoms with Crippen molar-refractivity contribution in [2.75, 3.05) is 4.90 Å². The van der Waals surface area contributed by atoms with E-state index in [0.29, 0.717) is 0 Å². The third-order valence-corrected chi connectivity index (χ3v) is 15.0. The highest BCUT2D eigenvalue weighted by molar-refractivity contribution is 8.05. The van der Waals surface area contributed by atoms with E-state index < -0.39 is 0 Å². The molecule has 2 heterocycles. The van der Waals surface area contributed by atoms with Crippen molar-refractivity contribution in [2.45, 2.75) is 38.8 Å². The minimum Gasteiger partial charge on any atom is -0.310 e. The van der Waals surface area contributed by atoms with Gasteiger partial charge in [-0.1, -0.05) is 165 Å². The molecule has 0 spiro atoms. The van der Waals surface area contributed by atoms with Crippen LogP contribution < -0.4 is 4.90 Å². The lowest BCUT2D eigenvalue weighted by Gasteiger charge is -2.27. The summed E-state index contributed by atoms with van der Waals surface area (Å²) in [4.78, 5) is 7.65. The molecule has 4 heteroatoms. The van der Waals surface area contributed by atoms with Crippen molar-refractivity contribution in [1.82, 2.24) is 4.57 Å². The molecule has 1 aliphatic carbocycles. The average molecular weight is 791 g/mol. The average Bonchev–Trinajstić information content (AvgIpc) is 3.75. The van der Waals surface area contributed by atoms with Crippen molar-refractivity contribution >= 4 is 73.2 Å². The van der Waals surface area contributed by atoms with Gasteiger partial charge in [-0.15, -0.1) is 0 Å². The van der Waals surface area contributed by atoms with Gasteiger partial charge in [0, 0.05) is 53.3 Å². The Labute approximate surface area is 352 Å². The Hall–Kier alpha value is -6.46. The molecule has 0 radical (unpaired) electrons. The Balaban J connectivity index is 0.989. The molecule has 9 aromatic carbocycles. The SMILES string of the molecule is CC1(C)c2ccccc2-c2ccc3c(c21)c1ccc2c(c1n3-c1ccc(-c3ccc(N(c4ccccc4)c4cccc5ccccc45)cc3)cc1)Sc1ccccc1S2. The molecule has 0 N–H and O–H groups in total. The van der Waals surface area contributed by atoms with Gasteiger partial charge in [0.15, 0.2) is 0 Å². The van der Waals surface area contributed by atoms with Crippen LogP contribution in [0.4, 0.5) is 17.1 Å². The van der Waals surface area contributed by atoms with Gasteiger partial charge < -0.3 is 9.47 Å². The molecule has 59 heavy (non-hydrogen) atoms. The van der Waals surface area contributed by atoms with Crippen molar-refractivity contribution in [1.29, 1.82) is 0 Å². The Kier molecular flexibility index (Phi) is 7.78. The molecule has 1 aromatic heterocycles. The minimum absolute atomic E-state index is 0.130. The maximum absolute atomic E-state index is 2.54. The van der Waals surface area contributed by atoms with Crippen LogP contribution in [0, 0.1) is 0 Å². The first-order valence-electron chi connectivity index (χ1n) is 20.3. The highest BCUT2D eigenvalue weighted by atomic mass is 32.2. The zero-order chi connectivity index (χ0) is 39.2. The van der Waals surface area contributed by atoms with E-state index in [0.717, 1.165) is 17.1 Å². The van der Waals surface area contributed by atoms with Crippen LogP contribution in [0.3, 0.4) is 0 Å². The Bertz CT molecular complexity index is 3280. The van der Waals surface area contributed by atoms with E-state index in [1.165, 1.54) is 91.2 Å². The Morgan fingerprint density at radius 3 is 1.95 bits per heavy atom. The summed E-state index contributed by atoms with van der Waals surface area (Å²) in [5.74, 6) is 0. The molecule has 2 nitrogen and oxygen atoms in total. The number of hydrogen-bond acceptors (Lipinski definition) is 3. The summed E-state index contributed by atoms with van der Waals surface area (Å²) in [5, 5.41) is 5.13. The van der Waals surface area contributed by atoms with Crippen LogP contribution in [-0.2, 0) is 5.41 Å². The third kappa shape index (κ3) is 5.30. The molecule has 0 saturated carbocycles. The van der Waals surface area contributed by atoms with Crippen molar-refractivity contribution in [2.24, 2.45) is 0 Å². The summed E-state index contributed by atoms with van der Waals surface area (Å²) < 4.78 is 2.54. The van der Waals surface area contributed by atoms with E-state index >= 15 is 0 Å². The standard InChI is InChI=1S/C55H38N2S2/c1-55(2)45-19-9-8-18-42(45)43-31-33-47-51(52(43)55)44-32-34-50-54(59-49-22-11-10-21-48(49)58-50)53(44)57(47)40-29-25-36(26-30-40)35-23-27-39(28-24-35)56(38-15-4-3-5-16-38)46-20-12-14-37-13-6-7-17-41(37)46/h3-34H,1-2H3. The van der Waals surface area contributed by atoms with Gasteiger partial charge in [0.05, 0.1) is 21.6 Å². The molecule has 2 aliphatic rings. The van der Waals surface area contributed by atoms with Crippen LogP contribution in [0.2, 0.25) is 0 Å². The fourth-order valence-electron chi connectivity index (χ4n) is 9.73. The summed E-state index contributed by atoms with van der Waals surface area (Å²) >= 11 is 3.80. The predicted molar refractivity (Wildman–Crippen MR) is 251 cm³/mol. The van der Waals surface area contributed by atoms with Crippen molar-refractivity contribution in [3.05, 3.63) is 205 Å². The summed E-state index contributed by atoms with van der Waals surface area (Å²) in [5.41, 5.74) is 14.9. The van der Waals surface area contributed by atoms with Gasteiger partial charge in [-0.05, 0) is 105 Å². The number of rotatable bonds is 5. The fourth-order valence-corrected chi connectivity index (χ4v) is 12.1. The fraction of sp³-hybridized carbons (Fsp3) is 0.0545. The van der Waals surface area contributed by atoms with Crippen LogP contribution >= 0.6 is 23.5 Å². The minimum atomic E-state index is -0.130. The summed E-state index contributed by atoms with van der Waals surface area (Å²) in [6.45, 7) is 4.81. The van der Waals surface area contributed by atoms with E-state index in [2.05, 4.69) is 217 Å². The molecule has 12 rings (SSSR count). The first-order valence-corrected chi connectivity index (χ1v) is 21.9. The smallest absolute Gasteiger partial charge is 0.0692 e. The van der Waals surface area contributed by atoms with Crippen molar-refractivity contribution in [3.63, 3.8) is 0 Å². The van der Waals surface area contributed by atoms with E-state index in [1.54, 1.807) is 0 Å². The second-order valence-corrected chi connectivity index (χ2v) is 18.2. The topological polar surface area (TPSA) is 8.17 Å². The zero-order valence-corrected chi connectivity index (χ0v) is 34.3. The molecular weight excluding hydrogens is 753 g/mol. The number of para-hydroxylation sites is 1. The molecule has 0 atom stereocenters. The van der Waals surface area contributed by atoms with Gasteiger partial charge in [0.25, 0.3) is 0 Å². The highest BCUT2D eigenvalue weighted by Gasteiger charge is 2.38. The highest BCUT2D eigenvalue weighted by Crippen LogP contribution is 2.56. The third-order valence-electron chi connectivity index (χ3n) is 12.4. The number of fused-ring (bicyclic) bond motifs is 11. The molecular formula is C55H38N2S2. The van der Waals surface area contributed by atoms with Gasteiger partial charge in [-0.25, -0.2) is 0 Å². The zero-order valence-electron chi connectivity index (χ0n) is 32.7. The number of benzene rings is 9. The first kappa shape index (κ1) is 34.6. The van der Waals surface area contributed by atoms with Crippen LogP contribution in [0.1, 0.15) is 25.0 Å². The maximum Gasteiger partial charge on any atom is 0.0692 e. The number of nitrogens with zero attached hydrogens (tertiary/aromatic N) is 2. The second kappa shape index (κ2) is 13.3. The Morgan fingerprint density at radius 1 is 0.475 bits per heavy atom. The number of hydrogen-bond donors (Lipinski definition) is 0. The predicted octanol–water partition coefficient (Wildman–Crippen LogP) is 16.0. The molecule has 0 fully saturated rings. The molecule has 1 aliphatic heterocycles. The van der Waals surface area contributed by atoms with Gasteiger partial charge >= 0.3 is 0 Å².